The molecule has 2 saturated heterocycles. The summed E-state index contributed by atoms with van der Waals surface area (Å²) in [7, 11) is 0. The monoisotopic (exact) mass is 474 g/mol. The molecule has 2 aromatic rings. The van der Waals surface area contributed by atoms with Gasteiger partial charge in [0.1, 0.15) is 5.82 Å². The molecule has 176 valence electrons. The second kappa shape index (κ2) is 11.0. The molecule has 3 amide bonds. The van der Waals surface area contributed by atoms with E-state index in [2.05, 4.69) is 10.2 Å². The van der Waals surface area contributed by atoms with Crippen molar-refractivity contribution >= 4 is 29.2 Å². The van der Waals surface area contributed by atoms with Gasteiger partial charge in [0.25, 0.3) is 5.91 Å². The lowest BCUT2D eigenvalue weighted by Gasteiger charge is -2.35. The predicted octanol–water partition coefficient (Wildman–Crippen LogP) is 3.56. The number of benzene rings is 2. The first-order chi connectivity index (χ1) is 16.0. The van der Waals surface area contributed by atoms with Crippen molar-refractivity contribution in [2.24, 2.45) is 0 Å². The zero-order valence-corrected chi connectivity index (χ0v) is 19.1. The number of ether oxygens (including phenoxy) is 1. The Morgan fingerprint density at radius 2 is 1.85 bits per heavy atom. The molecule has 4 rings (SSSR count). The van der Waals surface area contributed by atoms with Gasteiger partial charge in [0.05, 0.1) is 12.7 Å². The molecule has 9 heteroatoms. The fourth-order valence-corrected chi connectivity index (χ4v) is 4.39. The van der Waals surface area contributed by atoms with E-state index in [4.69, 9.17) is 16.3 Å². The number of urea groups is 1. The van der Waals surface area contributed by atoms with Gasteiger partial charge < -0.3 is 19.9 Å². The molecule has 0 radical (unpaired) electrons. The number of carbonyl (C=O) groups is 2. The summed E-state index contributed by atoms with van der Waals surface area (Å²) in [6, 6.07) is 12.6. The van der Waals surface area contributed by atoms with E-state index in [0.717, 1.165) is 19.5 Å². The molecule has 0 saturated carbocycles. The van der Waals surface area contributed by atoms with E-state index < -0.39 is 0 Å². The van der Waals surface area contributed by atoms with Gasteiger partial charge in [0.15, 0.2) is 0 Å². The van der Waals surface area contributed by atoms with Crippen LogP contribution in [0.25, 0.3) is 0 Å². The molecular weight excluding hydrogens is 447 g/mol. The Labute approximate surface area is 198 Å². The minimum absolute atomic E-state index is 0.0744. The maximum Gasteiger partial charge on any atom is 0.322 e. The lowest BCUT2D eigenvalue weighted by Crippen LogP contribution is -2.51. The quantitative estimate of drug-likeness (QED) is 0.736. The summed E-state index contributed by atoms with van der Waals surface area (Å²) in [5.41, 5.74) is 1.16. The molecule has 2 aliphatic heterocycles. The van der Waals surface area contributed by atoms with Crippen LogP contribution >= 0.6 is 11.6 Å². The number of amides is 3. The molecular formula is C24H28ClFN4O3. The normalized spacial score (nSPS) is 19.8. The molecule has 1 N–H and O–H groups in total. The van der Waals surface area contributed by atoms with Crippen LogP contribution in [0.1, 0.15) is 16.8 Å². The summed E-state index contributed by atoms with van der Waals surface area (Å²) in [6.07, 6.45) is 0.752. The van der Waals surface area contributed by atoms with Crippen LogP contribution in [0.15, 0.2) is 48.5 Å². The Morgan fingerprint density at radius 1 is 1.03 bits per heavy atom. The molecule has 2 heterocycles. The smallest absolute Gasteiger partial charge is 0.322 e. The van der Waals surface area contributed by atoms with Gasteiger partial charge in [-0.3, -0.25) is 9.69 Å². The lowest BCUT2D eigenvalue weighted by atomic mass is 10.2. The molecule has 0 unspecified atom stereocenters. The number of hydrogen-bond acceptors (Lipinski definition) is 4. The van der Waals surface area contributed by atoms with Crippen LogP contribution in [0.4, 0.5) is 14.9 Å². The Balaban J connectivity index is 1.27. The third-order valence-corrected chi connectivity index (χ3v) is 6.17. The second-order valence-electron chi connectivity index (χ2n) is 8.33. The first-order valence-corrected chi connectivity index (χ1v) is 11.6. The maximum atomic E-state index is 13.2. The van der Waals surface area contributed by atoms with Crippen LogP contribution in [0, 0.1) is 5.82 Å². The van der Waals surface area contributed by atoms with Crippen molar-refractivity contribution in [3.05, 3.63) is 64.9 Å². The molecule has 0 aromatic heterocycles. The predicted molar refractivity (Wildman–Crippen MR) is 125 cm³/mol. The van der Waals surface area contributed by atoms with E-state index >= 15 is 0 Å². The zero-order chi connectivity index (χ0) is 23.2. The number of nitrogens with one attached hydrogen (secondary N) is 1. The minimum Gasteiger partial charge on any atom is -0.373 e. The highest BCUT2D eigenvalue weighted by Crippen LogP contribution is 2.17. The van der Waals surface area contributed by atoms with Crippen molar-refractivity contribution in [2.45, 2.75) is 12.5 Å². The van der Waals surface area contributed by atoms with E-state index in [-0.39, 0.29) is 23.9 Å². The molecule has 2 aliphatic rings. The van der Waals surface area contributed by atoms with E-state index in [1.807, 2.05) is 4.90 Å². The Bertz CT molecular complexity index is 974. The first-order valence-electron chi connectivity index (χ1n) is 11.2. The Morgan fingerprint density at radius 3 is 2.64 bits per heavy atom. The number of anilines is 1. The first kappa shape index (κ1) is 23.5. The highest BCUT2D eigenvalue weighted by molar-refractivity contribution is 6.30. The van der Waals surface area contributed by atoms with Crippen LogP contribution in [0.5, 0.6) is 0 Å². The van der Waals surface area contributed by atoms with Crippen molar-refractivity contribution < 1.29 is 18.7 Å². The van der Waals surface area contributed by atoms with Gasteiger partial charge in [-0.1, -0.05) is 17.7 Å². The number of hydrogen-bond donors (Lipinski definition) is 1. The van der Waals surface area contributed by atoms with Crippen molar-refractivity contribution in [1.29, 1.82) is 0 Å². The van der Waals surface area contributed by atoms with Crippen molar-refractivity contribution in [3.63, 3.8) is 0 Å². The van der Waals surface area contributed by atoms with Crippen LogP contribution in [0.3, 0.4) is 0 Å². The van der Waals surface area contributed by atoms with E-state index in [9.17, 15) is 14.0 Å². The summed E-state index contributed by atoms with van der Waals surface area (Å²) in [5, 5.41) is 3.46. The van der Waals surface area contributed by atoms with Gasteiger partial charge >= 0.3 is 6.03 Å². The average Bonchev–Trinajstić information content (AvgIpc) is 3.05. The zero-order valence-electron chi connectivity index (χ0n) is 18.4. The summed E-state index contributed by atoms with van der Waals surface area (Å²) in [5.74, 6) is -0.425. The van der Waals surface area contributed by atoms with Crippen molar-refractivity contribution in [1.82, 2.24) is 14.7 Å². The third kappa shape index (κ3) is 6.43. The molecule has 33 heavy (non-hydrogen) atoms. The van der Waals surface area contributed by atoms with E-state index in [0.29, 0.717) is 55.6 Å². The van der Waals surface area contributed by atoms with Gasteiger partial charge in [0, 0.05) is 55.5 Å². The average molecular weight is 475 g/mol. The number of nitrogens with zero attached hydrogens (tertiary/aromatic N) is 3. The third-order valence-electron chi connectivity index (χ3n) is 5.93. The summed E-state index contributed by atoms with van der Waals surface area (Å²) >= 11 is 6.00. The molecule has 0 bridgehead atoms. The highest BCUT2D eigenvalue weighted by atomic mass is 35.5. The second-order valence-corrected chi connectivity index (χ2v) is 8.77. The van der Waals surface area contributed by atoms with Gasteiger partial charge in [0.2, 0.25) is 0 Å². The maximum absolute atomic E-state index is 13.2. The molecule has 1 atom stereocenters. The molecule has 0 spiro atoms. The van der Waals surface area contributed by atoms with Crippen LogP contribution < -0.4 is 5.32 Å². The van der Waals surface area contributed by atoms with Crippen molar-refractivity contribution in [2.75, 3.05) is 57.7 Å². The fraction of sp³-hybridized carbons (Fsp3) is 0.417. The van der Waals surface area contributed by atoms with Gasteiger partial charge in [-0.15, -0.1) is 0 Å². The van der Waals surface area contributed by atoms with Crippen LogP contribution in [0.2, 0.25) is 5.02 Å². The molecule has 2 fully saturated rings. The number of halogens is 2. The number of morpholine rings is 1. The van der Waals surface area contributed by atoms with Gasteiger partial charge in [-0.05, 0) is 55.4 Å². The standard InChI is InChI=1S/C24H28ClFN4O3/c25-19-3-1-4-21(15-19)27-24(32)30-13-14-33-22(17-30)16-28-9-2-10-29(12-11-28)23(31)18-5-7-20(26)8-6-18/h1,3-8,15,22H,2,9-14,16-17H2,(H,27,32)/t22-/m0/s1. The molecule has 7 nitrogen and oxygen atoms in total. The number of rotatable bonds is 4. The highest BCUT2D eigenvalue weighted by Gasteiger charge is 2.27. The minimum atomic E-state index is -0.351. The van der Waals surface area contributed by atoms with Gasteiger partial charge in [-0.2, -0.15) is 0 Å². The molecule has 2 aromatic carbocycles. The molecule has 0 aliphatic carbocycles. The Kier molecular flexibility index (Phi) is 7.80. The fourth-order valence-electron chi connectivity index (χ4n) is 4.20. The summed E-state index contributed by atoms with van der Waals surface area (Å²) in [4.78, 5) is 31.3. The SMILES string of the molecule is O=C(Nc1cccc(Cl)c1)N1CCO[C@@H](CN2CCCN(C(=O)c3ccc(F)cc3)CC2)C1. The van der Waals surface area contributed by atoms with E-state index in [1.54, 1.807) is 29.2 Å². The summed E-state index contributed by atoms with van der Waals surface area (Å²) in [6.45, 7) is 5.04. The van der Waals surface area contributed by atoms with Crippen molar-refractivity contribution in [3.8, 4) is 0 Å². The lowest BCUT2D eigenvalue weighted by molar-refractivity contribution is -0.0283. The van der Waals surface area contributed by atoms with Crippen LogP contribution in [-0.4, -0.2) is 85.2 Å². The Hall–Kier alpha value is -2.68. The van der Waals surface area contributed by atoms with Crippen LogP contribution in [-0.2, 0) is 4.74 Å². The van der Waals surface area contributed by atoms with Gasteiger partial charge in [-0.25, -0.2) is 9.18 Å². The summed E-state index contributed by atoms with van der Waals surface area (Å²) < 4.78 is 19.1. The number of carbonyl (C=O) groups excluding carboxylic acids is 2. The topological polar surface area (TPSA) is 65.1 Å². The van der Waals surface area contributed by atoms with E-state index in [1.165, 1.54) is 24.3 Å². The largest absolute Gasteiger partial charge is 0.373 e.